The van der Waals surface area contributed by atoms with Crippen LogP contribution in [0.1, 0.15) is 67.2 Å². The maximum Gasteiger partial charge on any atom is 0.192 e. The first kappa shape index (κ1) is 25.7. The van der Waals surface area contributed by atoms with Gasteiger partial charge in [-0.2, -0.15) is 0 Å². The van der Waals surface area contributed by atoms with E-state index in [1.54, 1.807) is 0 Å². The van der Waals surface area contributed by atoms with Gasteiger partial charge < -0.3 is 18.4 Å². The summed E-state index contributed by atoms with van der Waals surface area (Å²) >= 11 is 0. The van der Waals surface area contributed by atoms with Crippen LogP contribution < -0.4 is 0 Å². The molecule has 0 saturated heterocycles. The minimum absolute atomic E-state index is 0.0820. The Kier molecular flexibility index (Phi) is 9.64. The van der Waals surface area contributed by atoms with E-state index in [-0.39, 0.29) is 22.3 Å². The molecule has 0 N–H and O–H groups in total. The van der Waals surface area contributed by atoms with Crippen LogP contribution in [-0.4, -0.2) is 41.4 Å². The van der Waals surface area contributed by atoms with E-state index in [4.69, 9.17) is 8.85 Å². The predicted molar refractivity (Wildman–Crippen MR) is 115 cm³/mol. The van der Waals surface area contributed by atoms with Crippen molar-refractivity contribution in [2.75, 3.05) is 0 Å². The Bertz CT molecular complexity index is 406. The molecule has 0 heterocycles. The summed E-state index contributed by atoms with van der Waals surface area (Å²) < 4.78 is 13.4. The molecule has 26 heavy (non-hydrogen) atoms. The first-order chi connectivity index (χ1) is 11.6. The average Bonchev–Trinajstić information content (AvgIpc) is 2.45. The molecule has 0 aromatic carbocycles. The van der Waals surface area contributed by atoms with Crippen molar-refractivity contribution in [1.82, 2.24) is 0 Å². The Hall–Kier alpha value is -0.306. The zero-order chi connectivity index (χ0) is 20.8. The van der Waals surface area contributed by atoms with E-state index in [1.165, 1.54) is 0 Å². The number of carbonyl (C=O) groups is 2. The van der Waals surface area contributed by atoms with E-state index < -0.39 is 16.6 Å². The van der Waals surface area contributed by atoms with E-state index in [1.807, 2.05) is 0 Å². The fourth-order valence-electron chi connectivity index (χ4n) is 2.22. The molecule has 0 aliphatic rings. The van der Waals surface area contributed by atoms with Crippen LogP contribution in [0.3, 0.4) is 0 Å². The van der Waals surface area contributed by atoms with Crippen LogP contribution in [0.4, 0.5) is 0 Å². The lowest BCUT2D eigenvalue weighted by molar-refractivity contribution is -0.110. The van der Waals surface area contributed by atoms with Crippen molar-refractivity contribution >= 4 is 29.2 Å². The lowest BCUT2D eigenvalue weighted by atomic mass is 10.0. The number of hydrogen-bond acceptors (Lipinski definition) is 4. The lowest BCUT2D eigenvalue weighted by Gasteiger charge is -2.45. The molecule has 0 aromatic rings. The molecular formula is C20H42O4Si2. The molecular weight excluding hydrogens is 360 g/mol. The van der Waals surface area contributed by atoms with Gasteiger partial charge in [0.1, 0.15) is 12.6 Å². The standard InChI is InChI=1S/C20H42O4Si2/c1-19(2,3)25(7,8)23-17(13-11-15-21)18(14-12-16-22)24-26(9,10)20(4,5)6/h15-18H,11-14H2,1-10H3/t17-,18-/m1/s1. The maximum atomic E-state index is 11.0. The zero-order valence-electron chi connectivity index (χ0n) is 18.8. The molecule has 0 radical (unpaired) electrons. The molecule has 0 aromatic heterocycles. The third-order valence-corrected chi connectivity index (χ3v) is 15.1. The fourth-order valence-corrected chi connectivity index (χ4v) is 4.98. The molecule has 4 nitrogen and oxygen atoms in total. The van der Waals surface area contributed by atoms with Crippen molar-refractivity contribution in [2.45, 2.75) is 116 Å². The molecule has 0 aliphatic heterocycles. The molecule has 0 spiro atoms. The third kappa shape index (κ3) is 7.74. The molecule has 0 saturated carbocycles. The van der Waals surface area contributed by atoms with E-state index in [0.29, 0.717) is 25.7 Å². The van der Waals surface area contributed by atoms with Gasteiger partial charge in [-0.1, -0.05) is 41.5 Å². The first-order valence-corrected chi connectivity index (χ1v) is 15.6. The average molecular weight is 403 g/mol. The first-order valence-electron chi connectivity index (χ1n) is 9.82. The third-order valence-electron chi connectivity index (χ3n) is 6.06. The number of aldehydes is 2. The molecule has 0 bridgehead atoms. The minimum atomic E-state index is -2.01. The summed E-state index contributed by atoms with van der Waals surface area (Å²) in [5.41, 5.74) is 0. The van der Waals surface area contributed by atoms with Crippen molar-refractivity contribution < 1.29 is 18.4 Å². The van der Waals surface area contributed by atoms with Crippen LogP contribution in [0.25, 0.3) is 0 Å². The fraction of sp³-hybridized carbons (Fsp3) is 0.900. The van der Waals surface area contributed by atoms with E-state index >= 15 is 0 Å². The quantitative estimate of drug-likeness (QED) is 0.327. The van der Waals surface area contributed by atoms with Crippen LogP contribution in [-0.2, 0) is 18.4 Å². The molecule has 0 amide bonds. The van der Waals surface area contributed by atoms with Crippen LogP contribution in [0, 0.1) is 0 Å². The smallest absolute Gasteiger partial charge is 0.192 e. The Morgan fingerprint density at radius 1 is 0.692 bits per heavy atom. The van der Waals surface area contributed by atoms with Crippen molar-refractivity contribution in [3.05, 3.63) is 0 Å². The van der Waals surface area contributed by atoms with Gasteiger partial charge in [0.25, 0.3) is 0 Å². The maximum absolute atomic E-state index is 11.0. The minimum Gasteiger partial charge on any atom is -0.411 e. The van der Waals surface area contributed by atoms with E-state index in [2.05, 4.69) is 67.7 Å². The molecule has 2 atom stereocenters. The molecule has 0 rings (SSSR count). The second-order valence-corrected chi connectivity index (χ2v) is 19.8. The molecule has 0 fully saturated rings. The van der Waals surface area contributed by atoms with Gasteiger partial charge in [-0.3, -0.25) is 0 Å². The highest BCUT2D eigenvalue weighted by Gasteiger charge is 2.44. The monoisotopic (exact) mass is 402 g/mol. The second-order valence-electron chi connectivity index (χ2n) is 10.3. The van der Waals surface area contributed by atoms with Gasteiger partial charge in [0.15, 0.2) is 16.6 Å². The number of carbonyl (C=O) groups excluding carboxylic acids is 2. The normalized spacial score (nSPS) is 16.2. The summed E-state index contributed by atoms with van der Waals surface area (Å²) in [7, 11) is -4.02. The highest BCUT2D eigenvalue weighted by Crippen LogP contribution is 2.41. The predicted octanol–water partition coefficient (Wildman–Crippen LogP) is 5.73. The van der Waals surface area contributed by atoms with Crippen molar-refractivity contribution in [2.24, 2.45) is 0 Å². The molecule has 6 heteroatoms. The van der Waals surface area contributed by atoms with Crippen molar-refractivity contribution in [3.8, 4) is 0 Å². The molecule has 0 aliphatic carbocycles. The van der Waals surface area contributed by atoms with Gasteiger partial charge in [-0.15, -0.1) is 0 Å². The van der Waals surface area contributed by atoms with Crippen LogP contribution >= 0.6 is 0 Å². The highest BCUT2D eigenvalue weighted by atomic mass is 28.4. The van der Waals surface area contributed by atoms with Gasteiger partial charge in [0, 0.05) is 12.8 Å². The van der Waals surface area contributed by atoms with Crippen LogP contribution in [0.2, 0.25) is 36.3 Å². The Labute approximate surface area is 163 Å². The van der Waals surface area contributed by atoms with Crippen LogP contribution in [0.5, 0.6) is 0 Å². The topological polar surface area (TPSA) is 52.6 Å². The summed E-state index contributed by atoms with van der Waals surface area (Å²) in [5.74, 6) is 0. The summed E-state index contributed by atoms with van der Waals surface area (Å²) in [6.07, 6.45) is 3.82. The Balaban J connectivity index is 5.66. The lowest BCUT2D eigenvalue weighted by Crippen LogP contribution is -2.52. The summed E-state index contributed by atoms with van der Waals surface area (Å²) in [5, 5.41) is 0.164. The van der Waals surface area contributed by atoms with Crippen LogP contribution in [0.15, 0.2) is 0 Å². The summed E-state index contributed by atoms with van der Waals surface area (Å²) in [4.78, 5) is 22.0. The van der Waals surface area contributed by atoms with E-state index in [9.17, 15) is 9.59 Å². The Morgan fingerprint density at radius 3 is 1.15 bits per heavy atom. The number of rotatable bonds is 11. The molecule has 154 valence electrons. The Morgan fingerprint density at radius 2 is 0.962 bits per heavy atom. The largest absolute Gasteiger partial charge is 0.411 e. The summed E-state index contributed by atoms with van der Waals surface area (Å²) in [6.45, 7) is 22.2. The van der Waals surface area contributed by atoms with Gasteiger partial charge in [0.2, 0.25) is 0 Å². The highest BCUT2D eigenvalue weighted by molar-refractivity contribution is 6.74. The SMILES string of the molecule is CC(C)(C)[Si](C)(C)O[C@H](CCC=O)[C@@H](CCC=O)O[Si](C)(C)C(C)(C)C. The second kappa shape index (κ2) is 9.76. The zero-order valence-corrected chi connectivity index (χ0v) is 20.8. The van der Waals surface area contributed by atoms with Gasteiger partial charge in [-0.25, -0.2) is 0 Å². The summed E-state index contributed by atoms with van der Waals surface area (Å²) in [6, 6.07) is 0. The molecule has 0 unspecified atom stereocenters. The van der Waals surface area contributed by atoms with Crippen molar-refractivity contribution in [3.63, 3.8) is 0 Å². The number of hydrogen-bond donors (Lipinski definition) is 0. The van der Waals surface area contributed by atoms with Gasteiger partial charge in [0.05, 0.1) is 12.2 Å². The van der Waals surface area contributed by atoms with E-state index in [0.717, 1.165) is 12.6 Å². The van der Waals surface area contributed by atoms with Gasteiger partial charge >= 0.3 is 0 Å². The van der Waals surface area contributed by atoms with Crippen molar-refractivity contribution in [1.29, 1.82) is 0 Å². The van der Waals surface area contributed by atoms with Gasteiger partial charge in [-0.05, 0) is 49.1 Å².